The van der Waals surface area contributed by atoms with Crippen LogP contribution in [-0.2, 0) is 30.5 Å². The number of nitrogens with one attached hydrogen (secondary N) is 1. The molecule has 9 heteroatoms. The minimum atomic E-state index is -1.04. The van der Waals surface area contributed by atoms with Crippen LogP contribution < -0.4 is 5.32 Å². The standard InChI is InChI=1S/C22H33N3O6/c1-4-5-11-18(14-25(30)16-26)20(27)23-13-12-19(21(28)24(2)3)22(29)31-15-17-9-7-6-8-10-17/h6-10,16,18-19,30H,4-5,11-15H2,1-3H3,(H,23,27). The summed E-state index contributed by atoms with van der Waals surface area (Å²) < 4.78 is 5.31. The molecule has 0 saturated heterocycles. The molecule has 0 fully saturated rings. The Labute approximate surface area is 183 Å². The van der Waals surface area contributed by atoms with Gasteiger partial charge in [-0.3, -0.25) is 24.4 Å². The van der Waals surface area contributed by atoms with Crippen LogP contribution in [0.1, 0.15) is 38.2 Å². The van der Waals surface area contributed by atoms with E-state index >= 15 is 0 Å². The number of unbranched alkanes of at least 4 members (excludes halogenated alkanes) is 1. The number of hydroxylamine groups is 2. The Morgan fingerprint density at radius 2 is 1.84 bits per heavy atom. The molecule has 2 unspecified atom stereocenters. The van der Waals surface area contributed by atoms with Crippen LogP contribution in [0.4, 0.5) is 0 Å². The highest BCUT2D eigenvalue weighted by Gasteiger charge is 2.30. The Balaban J connectivity index is 2.67. The van der Waals surface area contributed by atoms with Crippen molar-refractivity contribution in [1.29, 1.82) is 0 Å². The third-order valence-corrected chi connectivity index (χ3v) is 4.79. The van der Waals surface area contributed by atoms with Gasteiger partial charge in [0, 0.05) is 20.6 Å². The van der Waals surface area contributed by atoms with Gasteiger partial charge in [-0.05, 0) is 18.4 Å². The molecule has 0 heterocycles. The zero-order valence-corrected chi connectivity index (χ0v) is 18.5. The monoisotopic (exact) mass is 435 g/mol. The molecule has 0 aliphatic rings. The van der Waals surface area contributed by atoms with Gasteiger partial charge in [0.1, 0.15) is 12.5 Å². The van der Waals surface area contributed by atoms with Crippen molar-refractivity contribution < 1.29 is 29.1 Å². The molecule has 0 bridgehead atoms. The first-order valence-corrected chi connectivity index (χ1v) is 10.4. The van der Waals surface area contributed by atoms with E-state index in [1.165, 1.54) is 4.90 Å². The molecule has 0 aliphatic carbocycles. The third-order valence-electron chi connectivity index (χ3n) is 4.79. The van der Waals surface area contributed by atoms with E-state index in [-0.39, 0.29) is 38.4 Å². The molecule has 0 aliphatic heterocycles. The Kier molecular flexibility index (Phi) is 11.9. The molecule has 1 rings (SSSR count). The van der Waals surface area contributed by atoms with Crippen molar-refractivity contribution in [2.24, 2.45) is 11.8 Å². The maximum absolute atomic E-state index is 12.5. The van der Waals surface area contributed by atoms with Crippen LogP contribution in [-0.4, -0.2) is 66.5 Å². The molecule has 0 radical (unpaired) electrons. The maximum atomic E-state index is 12.5. The summed E-state index contributed by atoms with van der Waals surface area (Å²) in [5.74, 6) is -3.03. The molecule has 2 atom stereocenters. The first-order chi connectivity index (χ1) is 14.8. The maximum Gasteiger partial charge on any atom is 0.318 e. The Hall–Kier alpha value is -2.94. The lowest BCUT2D eigenvalue weighted by Gasteiger charge is -2.21. The molecule has 3 amide bonds. The van der Waals surface area contributed by atoms with Gasteiger partial charge >= 0.3 is 5.97 Å². The number of carbonyl (C=O) groups excluding carboxylic acids is 4. The number of nitrogens with zero attached hydrogens (tertiary/aromatic N) is 2. The van der Waals surface area contributed by atoms with Crippen molar-refractivity contribution in [2.45, 2.75) is 39.2 Å². The van der Waals surface area contributed by atoms with Crippen molar-refractivity contribution in [3.05, 3.63) is 35.9 Å². The average Bonchev–Trinajstić information content (AvgIpc) is 2.77. The Bertz CT molecular complexity index is 710. The van der Waals surface area contributed by atoms with Gasteiger partial charge in [-0.15, -0.1) is 0 Å². The molecule has 2 N–H and O–H groups in total. The highest BCUT2D eigenvalue weighted by atomic mass is 16.5. The predicted octanol–water partition coefficient (Wildman–Crippen LogP) is 1.59. The summed E-state index contributed by atoms with van der Waals surface area (Å²) in [7, 11) is 3.10. The number of ether oxygens (including phenoxy) is 1. The highest BCUT2D eigenvalue weighted by molar-refractivity contribution is 5.97. The zero-order chi connectivity index (χ0) is 23.2. The number of carbonyl (C=O) groups is 4. The van der Waals surface area contributed by atoms with E-state index in [0.717, 1.165) is 18.4 Å². The van der Waals surface area contributed by atoms with E-state index in [1.807, 2.05) is 37.3 Å². The fraction of sp³-hybridized carbons (Fsp3) is 0.545. The normalized spacial score (nSPS) is 12.4. The molecular weight excluding hydrogens is 402 g/mol. The molecule has 31 heavy (non-hydrogen) atoms. The minimum absolute atomic E-state index is 0.0559. The summed E-state index contributed by atoms with van der Waals surface area (Å²) in [6.07, 6.45) is 2.46. The van der Waals surface area contributed by atoms with E-state index < -0.39 is 23.7 Å². The van der Waals surface area contributed by atoms with Crippen LogP contribution in [0.3, 0.4) is 0 Å². The van der Waals surface area contributed by atoms with Crippen LogP contribution in [0, 0.1) is 11.8 Å². The number of amides is 3. The van der Waals surface area contributed by atoms with Gasteiger partial charge in [0.25, 0.3) is 0 Å². The molecule has 1 aromatic rings. The van der Waals surface area contributed by atoms with Gasteiger partial charge in [-0.25, -0.2) is 5.06 Å². The van der Waals surface area contributed by atoms with Crippen molar-refractivity contribution in [3.8, 4) is 0 Å². The predicted molar refractivity (Wildman–Crippen MR) is 114 cm³/mol. The Morgan fingerprint density at radius 1 is 1.16 bits per heavy atom. The second-order valence-corrected chi connectivity index (χ2v) is 7.52. The summed E-state index contributed by atoms with van der Waals surface area (Å²) in [4.78, 5) is 49.5. The summed E-state index contributed by atoms with van der Waals surface area (Å²) >= 11 is 0. The van der Waals surface area contributed by atoms with Gasteiger partial charge in [-0.2, -0.15) is 0 Å². The summed E-state index contributed by atoms with van der Waals surface area (Å²) in [6, 6.07) is 9.14. The fourth-order valence-electron chi connectivity index (χ4n) is 2.99. The van der Waals surface area contributed by atoms with Crippen molar-refractivity contribution in [1.82, 2.24) is 15.3 Å². The summed E-state index contributed by atoms with van der Waals surface area (Å²) in [5, 5.41) is 12.6. The molecule has 1 aromatic carbocycles. The number of benzene rings is 1. The SMILES string of the molecule is CCCCC(CN(O)C=O)C(=O)NCCC(C(=O)OCc1ccccc1)C(=O)N(C)C. The topological polar surface area (TPSA) is 116 Å². The van der Waals surface area contributed by atoms with E-state index in [1.54, 1.807) is 14.1 Å². The van der Waals surface area contributed by atoms with Gasteiger partial charge in [0.05, 0.1) is 12.5 Å². The second kappa shape index (κ2) is 14.1. The lowest BCUT2D eigenvalue weighted by molar-refractivity contribution is -0.157. The number of hydrogen-bond donors (Lipinski definition) is 2. The number of esters is 1. The van der Waals surface area contributed by atoms with Crippen LogP contribution in [0.5, 0.6) is 0 Å². The molecule has 9 nitrogen and oxygen atoms in total. The van der Waals surface area contributed by atoms with E-state index in [0.29, 0.717) is 11.5 Å². The highest BCUT2D eigenvalue weighted by Crippen LogP contribution is 2.13. The van der Waals surface area contributed by atoms with Crippen LogP contribution in [0.2, 0.25) is 0 Å². The fourth-order valence-corrected chi connectivity index (χ4v) is 2.99. The zero-order valence-electron chi connectivity index (χ0n) is 18.5. The molecule has 172 valence electrons. The van der Waals surface area contributed by atoms with Gasteiger partial charge in [-0.1, -0.05) is 50.1 Å². The minimum Gasteiger partial charge on any atom is -0.460 e. The second-order valence-electron chi connectivity index (χ2n) is 7.52. The lowest BCUT2D eigenvalue weighted by Crippen LogP contribution is -2.41. The first-order valence-electron chi connectivity index (χ1n) is 10.4. The van der Waals surface area contributed by atoms with Gasteiger partial charge in [0.15, 0.2) is 0 Å². The lowest BCUT2D eigenvalue weighted by atomic mass is 10.00. The van der Waals surface area contributed by atoms with Gasteiger partial charge in [0.2, 0.25) is 18.2 Å². The number of rotatable bonds is 14. The van der Waals surface area contributed by atoms with E-state index in [2.05, 4.69) is 5.32 Å². The number of hydrogen-bond acceptors (Lipinski definition) is 6. The van der Waals surface area contributed by atoms with Crippen molar-refractivity contribution in [3.63, 3.8) is 0 Å². The Morgan fingerprint density at radius 3 is 2.42 bits per heavy atom. The first kappa shape index (κ1) is 26.1. The quantitative estimate of drug-likeness (QED) is 0.151. The molecule has 0 spiro atoms. The average molecular weight is 436 g/mol. The summed E-state index contributed by atoms with van der Waals surface area (Å²) in [6.45, 7) is 2.00. The third kappa shape index (κ3) is 9.61. The van der Waals surface area contributed by atoms with Gasteiger partial charge < -0.3 is 15.0 Å². The summed E-state index contributed by atoms with van der Waals surface area (Å²) in [5.41, 5.74) is 0.808. The van der Waals surface area contributed by atoms with Crippen molar-refractivity contribution >= 4 is 24.2 Å². The van der Waals surface area contributed by atoms with Crippen LogP contribution in [0.15, 0.2) is 30.3 Å². The van der Waals surface area contributed by atoms with E-state index in [9.17, 15) is 24.4 Å². The molecule has 0 saturated carbocycles. The largest absolute Gasteiger partial charge is 0.460 e. The van der Waals surface area contributed by atoms with Crippen LogP contribution in [0.25, 0.3) is 0 Å². The van der Waals surface area contributed by atoms with Crippen molar-refractivity contribution in [2.75, 3.05) is 27.2 Å². The molecule has 0 aromatic heterocycles. The smallest absolute Gasteiger partial charge is 0.318 e. The molecular formula is C22H33N3O6. The van der Waals surface area contributed by atoms with Crippen LogP contribution >= 0.6 is 0 Å². The van der Waals surface area contributed by atoms with E-state index in [4.69, 9.17) is 4.74 Å².